The van der Waals surface area contributed by atoms with Crippen LogP contribution in [0.1, 0.15) is 37.0 Å². The maximum absolute atomic E-state index is 5.47. The van der Waals surface area contributed by atoms with Crippen molar-refractivity contribution in [3.63, 3.8) is 0 Å². The van der Waals surface area contributed by atoms with Gasteiger partial charge < -0.3 is 10.1 Å². The van der Waals surface area contributed by atoms with E-state index < -0.39 is 0 Å². The van der Waals surface area contributed by atoms with Gasteiger partial charge in [-0.05, 0) is 32.4 Å². The zero-order valence-corrected chi connectivity index (χ0v) is 15.9. The Hall–Kier alpha value is -2.89. The number of rotatable bonds is 6. The van der Waals surface area contributed by atoms with Crippen molar-refractivity contribution >= 4 is 5.82 Å². The first-order valence-corrected chi connectivity index (χ1v) is 8.80. The van der Waals surface area contributed by atoms with Crippen LogP contribution >= 0.6 is 0 Å². The fraction of sp³-hybridized carbons (Fsp3) is 0.350. The normalized spacial score (nSPS) is 12.0. The van der Waals surface area contributed by atoms with Crippen molar-refractivity contribution in [2.45, 2.75) is 33.2 Å². The monoisotopic (exact) mass is 351 g/mol. The Morgan fingerprint density at radius 2 is 1.96 bits per heavy atom. The highest BCUT2D eigenvalue weighted by Gasteiger charge is 2.14. The lowest BCUT2D eigenvalue weighted by Gasteiger charge is -2.18. The van der Waals surface area contributed by atoms with Gasteiger partial charge >= 0.3 is 0 Å². The Kier molecular flexibility index (Phi) is 5.21. The predicted molar refractivity (Wildman–Crippen MR) is 103 cm³/mol. The van der Waals surface area contributed by atoms with Crippen LogP contribution < -0.4 is 10.1 Å². The van der Waals surface area contributed by atoms with Gasteiger partial charge in [0.05, 0.1) is 30.2 Å². The van der Waals surface area contributed by atoms with Gasteiger partial charge in [0.1, 0.15) is 17.4 Å². The molecule has 0 amide bonds. The molecular formula is C20H25N5O. The van der Waals surface area contributed by atoms with Crippen LogP contribution in [-0.2, 0) is 13.5 Å². The van der Waals surface area contributed by atoms with E-state index in [1.807, 2.05) is 42.9 Å². The van der Waals surface area contributed by atoms with Gasteiger partial charge in [-0.1, -0.05) is 25.1 Å². The van der Waals surface area contributed by atoms with Gasteiger partial charge in [-0.3, -0.25) is 4.68 Å². The molecule has 0 fully saturated rings. The number of hydrogen-bond donors (Lipinski definition) is 1. The molecule has 0 aliphatic rings. The second kappa shape index (κ2) is 7.56. The topological polar surface area (TPSA) is 64.9 Å². The number of anilines is 1. The van der Waals surface area contributed by atoms with E-state index >= 15 is 0 Å². The van der Waals surface area contributed by atoms with Crippen LogP contribution in [0, 0.1) is 6.92 Å². The summed E-state index contributed by atoms with van der Waals surface area (Å²) in [5.41, 5.74) is 3.99. The fourth-order valence-corrected chi connectivity index (χ4v) is 3.04. The summed E-state index contributed by atoms with van der Waals surface area (Å²) in [5, 5.41) is 7.98. The Morgan fingerprint density at radius 1 is 1.19 bits per heavy atom. The van der Waals surface area contributed by atoms with Crippen LogP contribution in [0.25, 0.3) is 11.4 Å². The number of aryl methyl sites for hydroxylation is 3. The summed E-state index contributed by atoms with van der Waals surface area (Å²) in [6.45, 7) is 6.09. The first-order valence-electron chi connectivity index (χ1n) is 8.80. The Morgan fingerprint density at radius 3 is 2.65 bits per heavy atom. The Labute approximate surface area is 154 Å². The minimum Gasteiger partial charge on any atom is -0.496 e. The third kappa shape index (κ3) is 3.69. The Bertz CT molecular complexity index is 903. The van der Waals surface area contributed by atoms with E-state index in [4.69, 9.17) is 4.74 Å². The molecule has 26 heavy (non-hydrogen) atoms. The number of aromatic nitrogens is 4. The highest BCUT2D eigenvalue weighted by atomic mass is 16.5. The molecule has 1 aromatic carbocycles. The molecule has 0 spiro atoms. The molecule has 6 nitrogen and oxygen atoms in total. The summed E-state index contributed by atoms with van der Waals surface area (Å²) in [5.74, 6) is 2.36. The summed E-state index contributed by atoms with van der Waals surface area (Å²) in [6.07, 6.45) is 0.897. The smallest absolute Gasteiger partial charge is 0.130 e. The number of methoxy groups -OCH3 is 1. The van der Waals surface area contributed by atoms with E-state index in [-0.39, 0.29) is 6.04 Å². The molecule has 6 heteroatoms. The van der Waals surface area contributed by atoms with Crippen molar-refractivity contribution in [2.75, 3.05) is 12.4 Å². The highest BCUT2D eigenvalue weighted by molar-refractivity contribution is 5.60. The van der Waals surface area contributed by atoms with Crippen LogP contribution in [0.4, 0.5) is 5.82 Å². The first-order chi connectivity index (χ1) is 12.5. The molecule has 1 N–H and O–H groups in total. The van der Waals surface area contributed by atoms with Crippen LogP contribution in [-0.4, -0.2) is 26.9 Å². The van der Waals surface area contributed by atoms with E-state index in [1.54, 1.807) is 7.11 Å². The van der Waals surface area contributed by atoms with E-state index in [0.29, 0.717) is 0 Å². The lowest BCUT2D eigenvalue weighted by molar-refractivity contribution is 0.408. The third-order valence-corrected chi connectivity index (χ3v) is 4.36. The maximum atomic E-state index is 5.47. The van der Waals surface area contributed by atoms with Crippen molar-refractivity contribution in [2.24, 2.45) is 7.05 Å². The van der Waals surface area contributed by atoms with Crippen molar-refractivity contribution in [3.8, 4) is 17.1 Å². The first kappa shape index (κ1) is 17.9. The van der Waals surface area contributed by atoms with Gasteiger partial charge in [-0.2, -0.15) is 5.10 Å². The number of ether oxygens (including phenoxy) is 1. The standard InChI is InChI=1S/C20H25N5O/c1-6-15-11-18(25(4)24-15)17-12-20(23-14(3)22-17)21-13(2)16-9-7-8-10-19(16)26-5/h7-13H,6H2,1-5H3,(H,21,22,23). The number of para-hydroxylation sites is 1. The molecule has 0 radical (unpaired) electrons. The van der Waals surface area contributed by atoms with Gasteiger partial charge in [0.15, 0.2) is 0 Å². The average molecular weight is 351 g/mol. The molecule has 3 rings (SSSR count). The van der Waals surface area contributed by atoms with Gasteiger partial charge in [0.2, 0.25) is 0 Å². The van der Waals surface area contributed by atoms with Crippen LogP contribution in [0.2, 0.25) is 0 Å². The predicted octanol–water partition coefficient (Wildman–Crippen LogP) is 3.93. The zero-order chi connectivity index (χ0) is 18.7. The number of hydrogen-bond acceptors (Lipinski definition) is 5. The minimum atomic E-state index is 0.0473. The van der Waals surface area contributed by atoms with Gasteiger partial charge in [0, 0.05) is 18.7 Å². The average Bonchev–Trinajstić information content (AvgIpc) is 3.02. The highest BCUT2D eigenvalue weighted by Crippen LogP contribution is 2.28. The molecule has 2 heterocycles. The third-order valence-electron chi connectivity index (χ3n) is 4.36. The summed E-state index contributed by atoms with van der Waals surface area (Å²) in [7, 11) is 3.63. The van der Waals surface area contributed by atoms with Crippen molar-refractivity contribution in [1.29, 1.82) is 0 Å². The van der Waals surface area contributed by atoms with Crippen molar-refractivity contribution < 1.29 is 4.74 Å². The van der Waals surface area contributed by atoms with Gasteiger partial charge in [-0.25, -0.2) is 9.97 Å². The molecule has 1 unspecified atom stereocenters. The minimum absolute atomic E-state index is 0.0473. The SMILES string of the molecule is CCc1cc(-c2cc(NC(C)c3ccccc3OC)nc(C)n2)n(C)n1. The molecular weight excluding hydrogens is 326 g/mol. The van der Waals surface area contributed by atoms with E-state index in [2.05, 4.69) is 46.4 Å². The van der Waals surface area contributed by atoms with Crippen LogP contribution in [0.5, 0.6) is 5.75 Å². The van der Waals surface area contributed by atoms with Gasteiger partial charge in [-0.15, -0.1) is 0 Å². The second-order valence-electron chi connectivity index (χ2n) is 6.29. The van der Waals surface area contributed by atoms with Crippen molar-refractivity contribution in [3.05, 3.63) is 53.5 Å². The molecule has 3 aromatic rings. The van der Waals surface area contributed by atoms with Crippen LogP contribution in [0.3, 0.4) is 0 Å². The lowest BCUT2D eigenvalue weighted by atomic mass is 10.1. The van der Waals surface area contributed by atoms with E-state index in [0.717, 1.165) is 46.5 Å². The number of benzene rings is 1. The second-order valence-corrected chi connectivity index (χ2v) is 6.29. The fourth-order valence-electron chi connectivity index (χ4n) is 3.04. The summed E-state index contributed by atoms with van der Waals surface area (Å²) in [4.78, 5) is 9.13. The molecule has 0 bridgehead atoms. The molecule has 2 aromatic heterocycles. The molecule has 0 aliphatic carbocycles. The molecule has 0 saturated carbocycles. The quantitative estimate of drug-likeness (QED) is 0.729. The molecule has 0 saturated heterocycles. The van der Waals surface area contributed by atoms with Crippen molar-refractivity contribution in [1.82, 2.24) is 19.7 Å². The largest absolute Gasteiger partial charge is 0.496 e. The van der Waals surface area contributed by atoms with E-state index in [9.17, 15) is 0 Å². The molecule has 136 valence electrons. The van der Waals surface area contributed by atoms with E-state index in [1.165, 1.54) is 0 Å². The molecule has 1 atom stereocenters. The number of nitrogens with one attached hydrogen (secondary N) is 1. The lowest BCUT2D eigenvalue weighted by Crippen LogP contribution is -2.10. The maximum Gasteiger partial charge on any atom is 0.130 e. The summed E-state index contributed by atoms with van der Waals surface area (Å²) in [6, 6.07) is 12.1. The zero-order valence-electron chi connectivity index (χ0n) is 15.9. The molecule has 0 aliphatic heterocycles. The number of nitrogens with zero attached hydrogens (tertiary/aromatic N) is 4. The summed E-state index contributed by atoms with van der Waals surface area (Å²) < 4.78 is 7.34. The van der Waals surface area contributed by atoms with Crippen LogP contribution in [0.15, 0.2) is 36.4 Å². The summed E-state index contributed by atoms with van der Waals surface area (Å²) >= 11 is 0. The Balaban J connectivity index is 1.91. The van der Waals surface area contributed by atoms with Gasteiger partial charge in [0.25, 0.3) is 0 Å².